The number of amides is 3. The lowest BCUT2D eigenvalue weighted by Gasteiger charge is -2.14. The molecule has 1 unspecified atom stereocenters. The van der Waals surface area contributed by atoms with E-state index in [1.807, 2.05) is 6.92 Å². The number of benzene rings is 1. The maximum atomic E-state index is 11.8. The van der Waals surface area contributed by atoms with Gasteiger partial charge in [0.15, 0.2) is 0 Å². The van der Waals surface area contributed by atoms with Gasteiger partial charge >= 0.3 is 6.03 Å². The number of hydrogen-bond acceptors (Lipinski definition) is 2. The van der Waals surface area contributed by atoms with Crippen molar-refractivity contribution in [2.75, 3.05) is 12.4 Å². The van der Waals surface area contributed by atoms with Crippen molar-refractivity contribution in [2.24, 2.45) is 0 Å². The van der Waals surface area contributed by atoms with Crippen LogP contribution in [0, 0.1) is 0 Å². The van der Waals surface area contributed by atoms with Crippen molar-refractivity contribution < 1.29 is 9.59 Å². The summed E-state index contributed by atoms with van der Waals surface area (Å²) >= 11 is 6.01. The molecule has 0 aliphatic carbocycles. The Morgan fingerprint density at radius 1 is 1.35 bits per heavy atom. The Morgan fingerprint density at radius 2 is 2.05 bits per heavy atom. The Balaban J connectivity index is 2.76. The fourth-order valence-electron chi connectivity index (χ4n) is 1.79. The quantitative estimate of drug-likeness (QED) is 0.782. The molecule has 0 saturated heterocycles. The molecule has 5 nitrogen and oxygen atoms in total. The number of halogens is 1. The second kappa shape index (κ2) is 7.75. The summed E-state index contributed by atoms with van der Waals surface area (Å²) in [6.07, 6.45) is 1.90. The van der Waals surface area contributed by atoms with Crippen LogP contribution in [0.1, 0.15) is 37.0 Å². The molecule has 1 aromatic rings. The van der Waals surface area contributed by atoms with Gasteiger partial charge in [0, 0.05) is 18.7 Å². The standard InChI is InChI=1S/C14H20ClN3O2/c1-4-5-9(2)17-14(20)18-12-8-10(13(19)16-3)6-7-11(12)15/h6-9H,4-5H2,1-3H3,(H,16,19)(H2,17,18,20). The molecule has 3 N–H and O–H groups in total. The maximum absolute atomic E-state index is 11.8. The van der Waals surface area contributed by atoms with Gasteiger partial charge < -0.3 is 16.0 Å². The first kappa shape index (κ1) is 16.3. The van der Waals surface area contributed by atoms with Crippen molar-refractivity contribution in [1.29, 1.82) is 0 Å². The van der Waals surface area contributed by atoms with Crippen molar-refractivity contribution >= 4 is 29.2 Å². The number of hydrogen-bond donors (Lipinski definition) is 3. The fourth-order valence-corrected chi connectivity index (χ4v) is 1.96. The summed E-state index contributed by atoms with van der Waals surface area (Å²) < 4.78 is 0. The number of carbonyl (C=O) groups is 2. The van der Waals surface area contributed by atoms with Gasteiger partial charge in [0.25, 0.3) is 5.91 Å². The first-order valence-electron chi connectivity index (χ1n) is 6.57. The highest BCUT2D eigenvalue weighted by molar-refractivity contribution is 6.33. The predicted molar refractivity (Wildman–Crippen MR) is 81.4 cm³/mol. The number of rotatable bonds is 5. The van der Waals surface area contributed by atoms with Crippen LogP contribution in [0.4, 0.5) is 10.5 Å². The summed E-state index contributed by atoms with van der Waals surface area (Å²) in [5.74, 6) is -0.232. The summed E-state index contributed by atoms with van der Waals surface area (Å²) in [6.45, 7) is 3.99. The van der Waals surface area contributed by atoms with E-state index in [2.05, 4.69) is 22.9 Å². The van der Waals surface area contributed by atoms with Crippen LogP contribution in [0.25, 0.3) is 0 Å². The van der Waals surface area contributed by atoms with Crippen LogP contribution in [-0.2, 0) is 0 Å². The molecular formula is C14H20ClN3O2. The second-order valence-corrected chi connectivity index (χ2v) is 4.97. The van der Waals surface area contributed by atoms with Crippen LogP contribution in [0.2, 0.25) is 5.02 Å². The molecule has 0 bridgehead atoms. The molecule has 0 aliphatic rings. The number of anilines is 1. The van der Waals surface area contributed by atoms with E-state index in [0.29, 0.717) is 16.3 Å². The SMILES string of the molecule is CCCC(C)NC(=O)Nc1cc(C(=O)NC)ccc1Cl. The van der Waals surface area contributed by atoms with Gasteiger partial charge in [-0.05, 0) is 31.5 Å². The monoisotopic (exact) mass is 297 g/mol. The molecule has 1 rings (SSSR count). The molecule has 6 heteroatoms. The highest BCUT2D eigenvalue weighted by Crippen LogP contribution is 2.23. The van der Waals surface area contributed by atoms with E-state index in [1.54, 1.807) is 25.2 Å². The van der Waals surface area contributed by atoms with E-state index >= 15 is 0 Å². The molecular weight excluding hydrogens is 278 g/mol. The number of nitrogens with one attached hydrogen (secondary N) is 3. The summed E-state index contributed by atoms with van der Waals surface area (Å²) in [5, 5.41) is 8.37. The van der Waals surface area contributed by atoms with Crippen molar-refractivity contribution in [2.45, 2.75) is 32.7 Å². The zero-order chi connectivity index (χ0) is 15.1. The van der Waals surface area contributed by atoms with Gasteiger partial charge in [-0.25, -0.2) is 4.79 Å². The third-order valence-corrected chi connectivity index (χ3v) is 3.13. The van der Waals surface area contributed by atoms with Gasteiger partial charge in [-0.3, -0.25) is 4.79 Å². The molecule has 1 atom stereocenters. The zero-order valence-corrected chi connectivity index (χ0v) is 12.7. The van der Waals surface area contributed by atoms with Crippen LogP contribution < -0.4 is 16.0 Å². The third-order valence-electron chi connectivity index (χ3n) is 2.80. The molecule has 3 amide bonds. The number of carbonyl (C=O) groups excluding carboxylic acids is 2. The molecule has 0 fully saturated rings. The minimum Gasteiger partial charge on any atom is -0.355 e. The Kier molecular flexibility index (Phi) is 6.31. The van der Waals surface area contributed by atoms with Gasteiger partial charge in [0.05, 0.1) is 10.7 Å². The molecule has 20 heavy (non-hydrogen) atoms. The lowest BCUT2D eigenvalue weighted by Crippen LogP contribution is -2.36. The molecule has 0 spiro atoms. The van der Waals surface area contributed by atoms with E-state index in [9.17, 15) is 9.59 Å². The minimum absolute atomic E-state index is 0.0842. The predicted octanol–water partition coefficient (Wildman–Crippen LogP) is 3.01. The van der Waals surface area contributed by atoms with E-state index in [4.69, 9.17) is 11.6 Å². The molecule has 0 saturated carbocycles. The molecule has 0 heterocycles. The largest absolute Gasteiger partial charge is 0.355 e. The second-order valence-electron chi connectivity index (χ2n) is 4.56. The van der Waals surface area contributed by atoms with E-state index in [-0.39, 0.29) is 18.0 Å². The Bertz CT molecular complexity index is 491. The van der Waals surface area contributed by atoms with Gasteiger partial charge in [-0.1, -0.05) is 24.9 Å². The number of urea groups is 1. The van der Waals surface area contributed by atoms with Gasteiger partial charge in [-0.2, -0.15) is 0 Å². The third kappa shape index (κ3) is 4.74. The smallest absolute Gasteiger partial charge is 0.319 e. The zero-order valence-electron chi connectivity index (χ0n) is 11.9. The maximum Gasteiger partial charge on any atom is 0.319 e. The van der Waals surface area contributed by atoms with Crippen molar-refractivity contribution in [3.05, 3.63) is 28.8 Å². The van der Waals surface area contributed by atoms with Crippen molar-refractivity contribution in [3.8, 4) is 0 Å². The fraction of sp³-hybridized carbons (Fsp3) is 0.429. The highest BCUT2D eigenvalue weighted by Gasteiger charge is 2.11. The Morgan fingerprint density at radius 3 is 2.65 bits per heavy atom. The van der Waals surface area contributed by atoms with Crippen LogP contribution in [0.5, 0.6) is 0 Å². The molecule has 0 radical (unpaired) electrons. The lowest BCUT2D eigenvalue weighted by molar-refractivity contribution is 0.0963. The van der Waals surface area contributed by atoms with Crippen LogP contribution in [0.15, 0.2) is 18.2 Å². The van der Waals surface area contributed by atoms with Gasteiger partial charge in [-0.15, -0.1) is 0 Å². The van der Waals surface area contributed by atoms with Gasteiger partial charge in [0.2, 0.25) is 0 Å². The Hall–Kier alpha value is -1.75. The van der Waals surface area contributed by atoms with Crippen LogP contribution in [0.3, 0.4) is 0 Å². The molecule has 110 valence electrons. The summed E-state index contributed by atoms with van der Waals surface area (Å²) in [6, 6.07) is 4.48. The average molecular weight is 298 g/mol. The average Bonchev–Trinajstić information content (AvgIpc) is 2.40. The van der Waals surface area contributed by atoms with Crippen LogP contribution in [-0.4, -0.2) is 25.0 Å². The van der Waals surface area contributed by atoms with E-state index in [1.165, 1.54) is 0 Å². The highest BCUT2D eigenvalue weighted by atomic mass is 35.5. The molecule has 1 aromatic carbocycles. The summed E-state index contributed by atoms with van der Waals surface area (Å²) in [7, 11) is 1.54. The minimum atomic E-state index is -0.332. The lowest BCUT2D eigenvalue weighted by atomic mass is 10.2. The van der Waals surface area contributed by atoms with Gasteiger partial charge in [0.1, 0.15) is 0 Å². The first-order valence-corrected chi connectivity index (χ1v) is 6.94. The molecule has 0 aromatic heterocycles. The summed E-state index contributed by atoms with van der Waals surface area (Å²) in [5.41, 5.74) is 0.850. The van der Waals surface area contributed by atoms with Crippen LogP contribution >= 0.6 is 11.6 Å². The molecule has 0 aliphatic heterocycles. The topological polar surface area (TPSA) is 70.2 Å². The first-order chi connectivity index (χ1) is 9.47. The summed E-state index contributed by atoms with van der Waals surface area (Å²) in [4.78, 5) is 23.4. The normalized spacial score (nSPS) is 11.6. The van der Waals surface area contributed by atoms with E-state index < -0.39 is 0 Å². The van der Waals surface area contributed by atoms with E-state index in [0.717, 1.165) is 12.8 Å². The van der Waals surface area contributed by atoms with Crippen molar-refractivity contribution in [3.63, 3.8) is 0 Å². The van der Waals surface area contributed by atoms with Crippen molar-refractivity contribution in [1.82, 2.24) is 10.6 Å². The Labute approximate surface area is 124 Å².